The third-order valence-corrected chi connectivity index (χ3v) is 4.46. The van der Waals surface area contributed by atoms with Gasteiger partial charge in [-0.3, -0.25) is 0 Å². The zero-order valence-corrected chi connectivity index (χ0v) is 14.8. The molecule has 0 saturated heterocycles. The molecule has 3 aromatic rings. The average molecular weight is 361 g/mol. The zero-order valence-electron chi connectivity index (χ0n) is 14.0. The Morgan fingerprint density at radius 1 is 0.769 bits per heavy atom. The third kappa shape index (κ3) is 3.32. The molecule has 0 amide bonds. The van der Waals surface area contributed by atoms with E-state index >= 15 is 0 Å². The fourth-order valence-electron chi connectivity index (χ4n) is 2.85. The van der Waals surface area contributed by atoms with Crippen LogP contribution in [0, 0.1) is 0 Å². The van der Waals surface area contributed by atoms with Crippen LogP contribution >= 0.6 is 0 Å². The Balaban J connectivity index is 1.87. The zero-order chi connectivity index (χ0) is 18.1. The summed E-state index contributed by atoms with van der Waals surface area (Å²) < 4.78 is 26.2. The fourth-order valence-corrected chi connectivity index (χ4v) is 3.35. The number of fused-ring (bicyclic) bond motifs is 2. The number of allylic oxidation sites excluding steroid dienone is 4. The Kier molecular flexibility index (Phi) is 3.97. The van der Waals surface area contributed by atoms with E-state index < -0.39 is 10.0 Å². The second-order valence-corrected chi connectivity index (χ2v) is 7.60. The fraction of sp³-hybridized carbons (Fsp3) is 0.0500. The Morgan fingerprint density at radius 3 is 1.81 bits per heavy atom. The molecule has 1 aliphatic carbocycles. The van der Waals surface area contributed by atoms with Gasteiger partial charge in [-0.05, 0) is 36.4 Å². The summed E-state index contributed by atoms with van der Waals surface area (Å²) in [5.74, 6) is 0. The molecule has 0 unspecified atom stereocenters. The van der Waals surface area contributed by atoms with Crippen LogP contribution < -0.4 is 0 Å². The number of sulfonamides is 1. The lowest BCUT2D eigenvalue weighted by atomic mass is 10.1. The Morgan fingerprint density at radius 2 is 1.27 bits per heavy atom. The van der Waals surface area contributed by atoms with Crippen molar-refractivity contribution in [2.75, 3.05) is 6.26 Å². The van der Waals surface area contributed by atoms with Crippen LogP contribution in [-0.2, 0) is 10.0 Å². The summed E-state index contributed by atoms with van der Waals surface area (Å²) in [5.41, 5.74) is 3.72. The smallest absolute Gasteiger partial charge is 0.248 e. The number of para-hydroxylation sites is 2. The lowest BCUT2D eigenvalue weighted by Gasteiger charge is -2.08. The van der Waals surface area contributed by atoms with Crippen LogP contribution in [0.5, 0.6) is 0 Å². The van der Waals surface area contributed by atoms with Gasteiger partial charge in [0.05, 0.1) is 34.4 Å². The highest BCUT2D eigenvalue weighted by atomic mass is 32.2. The van der Waals surface area contributed by atoms with Crippen molar-refractivity contribution in [1.29, 1.82) is 0 Å². The molecule has 0 spiro atoms. The van der Waals surface area contributed by atoms with E-state index in [0.29, 0.717) is 5.71 Å². The number of benzene rings is 2. The molecule has 4 rings (SSSR count). The molecule has 26 heavy (non-hydrogen) atoms. The van der Waals surface area contributed by atoms with E-state index in [4.69, 9.17) is 9.98 Å². The summed E-state index contributed by atoms with van der Waals surface area (Å²) in [4.78, 5) is 9.50. The van der Waals surface area contributed by atoms with Crippen LogP contribution in [0.4, 0.5) is 5.69 Å². The molecule has 1 heterocycles. The van der Waals surface area contributed by atoms with Gasteiger partial charge in [0.15, 0.2) is 0 Å². The van der Waals surface area contributed by atoms with E-state index in [-0.39, 0.29) is 0 Å². The van der Waals surface area contributed by atoms with Crippen LogP contribution in [0.25, 0.3) is 21.8 Å². The molecule has 128 valence electrons. The number of hydrogen-bond donors (Lipinski definition) is 0. The van der Waals surface area contributed by atoms with Crippen LogP contribution in [0.3, 0.4) is 0 Å². The van der Waals surface area contributed by atoms with Crippen molar-refractivity contribution >= 4 is 48.9 Å². The quantitative estimate of drug-likeness (QED) is 0.512. The van der Waals surface area contributed by atoms with Crippen LogP contribution in [0.1, 0.15) is 0 Å². The Hall–Kier alpha value is -3.12. The lowest BCUT2D eigenvalue weighted by molar-refractivity contribution is 0.604. The van der Waals surface area contributed by atoms with Gasteiger partial charge in [-0.25, -0.2) is 18.4 Å². The summed E-state index contributed by atoms with van der Waals surface area (Å²) in [6.07, 6.45) is 7.87. The number of pyridine rings is 1. The van der Waals surface area contributed by atoms with Crippen molar-refractivity contribution in [1.82, 2.24) is 4.98 Å². The Bertz CT molecular complexity index is 1180. The van der Waals surface area contributed by atoms with Gasteiger partial charge in [-0.2, -0.15) is 4.40 Å². The van der Waals surface area contributed by atoms with Crippen molar-refractivity contribution in [3.8, 4) is 0 Å². The normalized spacial score (nSPS) is 14.2. The van der Waals surface area contributed by atoms with Crippen molar-refractivity contribution < 1.29 is 8.42 Å². The molecule has 1 aliphatic rings. The predicted molar refractivity (Wildman–Crippen MR) is 107 cm³/mol. The molecule has 1 aromatic heterocycles. The minimum absolute atomic E-state index is 0.385. The van der Waals surface area contributed by atoms with Crippen molar-refractivity contribution in [3.05, 3.63) is 72.8 Å². The SMILES string of the molecule is CS(=O)(=O)N=C1C=CC(=Nc2c3ccccc3nc3ccccc23)C=C1. The molecular formula is C20H15N3O2S. The van der Waals surface area contributed by atoms with Gasteiger partial charge < -0.3 is 0 Å². The maximum Gasteiger partial charge on any atom is 0.250 e. The molecule has 0 aliphatic heterocycles. The average Bonchev–Trinajstić information content (AvgIpc) is 2.62. The second kappa shape index (κ2) is 6.31. The van der Waals surface area contributed by atoms with Crippen molar-refractivity contribution in [2.24, 2.45) is 9.39 Å². The minimum atomic E-state index is -3.42. The molecule has 0 fully saturated rings. The maximum absolute atomic E-state index is 11.3. The predicted octanol–water partition coefficient (Wildman–Crippen LogP) is 3.99. The van der Waals surface area contributed by atoms with Crippen molar-refractivity contribution in [3.63, 3.8) is 0 Å². The number of hydrogen-bond acceptors (Lipinski definition) is 4. The third-order valence-electron chi connectivity index (χ3n) is 3.92. The first kappa shape index (κ1) is 16.4. The molecular weight excluding hydrogens is 346 g/mol. The molecule has 0 saturated carbocycles. The van der Waals surface area contributed by atoms with E-state index in [1.807, 2.05) is 48.5 Å². The van der Waals surface area contributed by atoms with E-state index in [1.165, 1.54) is 0 Å². The first-order chi connectivity index (χ1) is 12.5. The highest BCUT2D eigenvalue weighted by molar-refractivity contribution is 7.89. The highest BCUT2D eigenvalue weighted by Gasteiger charge is 2.09. The molecule has 0 atom stereocenters. The number of nitrogens with zero attached hydrogens (tertiary/aromatic N) is 3. The minimum Gasteiger partial charge on any atom is -0.248 e. The monoisotopic (exact) mass is 361 g/mol. The lowest BCUT2D eigenvalue weighted by Crippen LogP contribution is -2.03. The van der Waals surface area contributed by atoms with E-state index in [0.717, 1.165) is 39.5 Å². The summed E-state index contributed by atoms with van der Waals surface area (Å²) in [7, 11) is -3.42. The Labute approximate surface area is 151 Å². The van der Waals surface area contributed by atoms with E-state index in [1.54, 1.807) is 24.3 Å². The van der Waals surface area contributed by atoms with E-state index in [9.17, 15) is 8.42 Å². The molecule has 6 heteroatoms. The van der Waals surface area contributed by atoms with Crippen LogP contribution in [0.15, 0.2) is 82.2 Å². The summed E-state index contributed by atoms with van der Waals surface area (Å²) >= 11 is 0. The highest BCUT2D eigenvalue weighted by Crippen LogP contribution is 2.33. The maximum atomic E-state index is 11.3. The molecule has 2 aromatic carbocycles. The van der Waals surface area contributed by atoms with Gasteiger partial charge in [0, 0.05) is 10.8 Å². The molecule has 0 N–H and O–H groups in total. The second-order valence-electron chi connectivity index (χ2n) is 5.95. The van der Waals surface area contributed by atoms with E-state index in [2.05, 4.69) is 4.40 Å². The number of rotatable bonds is 2. The van der Waals surface area contributed by atoms with Crippen LogP contribution in [-0.4, -0.2) is 31.1 Å². The topological polar surface area (TPSA) is 71.8 Å². The summed E-state index contributed by atoms with van der Waals surface area (Å²) in [5, 5.41) is 1.94. The first-order valence-electron chi connectivity index (χ1n) is 8.02. The summed E-state index contributed by atoms with van der Waals surface area (Å²) in [6.45, 7) is 0. The van der Waals surface area contributed by atoms with Gasteiger partial charge in [0.25, 0.3) is 10.0 Å². The van der Waals surface area contributed by atoms with Gasteiger partial charge in [-0.1, -0.05) is 36.4 Å². The molecule has 5 nitrogen and oxygen atoms in total. The largest absolute Gasteiger partial charge is 0.250 e. The van der Waals surface area contributed by atoms with Crippen LogP contribution in [0.2, 0.25) is 0 Å². The van der Waals surface area contributed by atoms with Gasteiger partial charge >= 0.3 is 0 Å². The standard InChI is InChI=1S/C20H15N3O2S/c1-26(24,25)23-15-12-10-14(11-13-15)21-20-16-6-2-4-8-18(16)22-19-9-5-3-7-17(19)20/h2-13H,1H3. The van der Waals surface area contributed by atoms with Gasteiger partial charge in [0.1, 0.15) is 0 Å². The number of aliphatic imine (C=N–C) groups is 1. The van der Waals surface area contributed by atoms with Gasteiger partial charge in [0.2, 0.25) is 0 Å². The van der Waals surface area contributed by atoms with Crippen molar-refractivity contribution in [2.45, 2.75) is 0 Å². The first-order valence-corrected chi connectivity index (χ1v) is 9.87. The van der Waals surface area contributed by atoms with Gasteiger partial charge in [-0.15, -0.1) is 0 Å². The number of aromatic nitrogens is 1. The molecule has 0 bridgehead atoms. The molecule has 0 radical (unpaired) electrons. The summed E-state index contributed by atoms with van der Waals surface area (Å²) in [6, 6.07) is 15.8.